The second kappa shape index (κ2) is 7.62. The Labute approximate surface area is 162 Å². The van der Waals surface area contributed by atoms with Gasteiger partial charge < -0.3 is 15.4 Å². The molecular weight excluding hydrogens is 360 g/mol. The molecule has 0 saturated carbocycles. The van der Waals surface area contributed by atoms with E-state index in [1.165, 1.54) is 11.3 Å². The van der Waals surface area contributed by atoms with Crippen molar-refractivity contribution in [1.82, 2.24) is 14.9 Å². The molecule has 0 aliphatic carbocycles. The Morgan fingerprint density at radius 2 is 2.30 bits per heavy atom. The summed E-state index contributed by atoms with van der Waals surface area (Å²) in [6, 6.07) is 9.53. The molecule has 1 atom stereocenters. The quantitative estimate of drug-likeness (QED) is 0.731. The van der Waals surface area contributed by atoms with Gasteiger partial charge in [0.05, 0.1) is 28.6 Å². The predicted molar refractivity (Wildman–Crippen MR) is 107 cm³/mol. The molecule has 3 heterocycles. The van der Waals surface area contributed by atoms with Crippen molar-refractivity contribution in [3.05, 3.63) is 53.3 Å². The summed E-state index contributed by atoms with van der Waals surface area (Å²) in [6.07, 6.45) is 3.86. The summed E-state index contributed by atoms with van der Waals surface area (Å²) in [4.78, 5) is 23.9. The minimum atomic E-state index is -0.0203. The van der Waals surface area contributed by atoms with Gasteiger partial charge in [-0.05, 0) is 49.6 Å². The summed E-state index contributed by atoms with van der Waals surface area (Å²) in [7, 11) is 0. The van der Waals surface area contributed by atoms with E-state index in [9.17, 15) is 4.79 Å². The maximum Gasteiger partial charge on any atom is 0.254 e. The Balaban J connectivity index is 1.64. The lowest BCUT2D eigenvalue weighted by Gasteiger charge is -2.25. The third kappa shape index (κ3) is 3.94. The average molecular weight is 382 g/mol. The molecule has 0 radical (unpaired) electrons. The molecule has 1 unspecified atom stereocenters. The van der Waals surface area contributed by atoms with Crippen LogP contribution >= 0.6 is 11.3 Å². The number of aromatic nitrogens is 2. The molecule has 1 aliphatic heterocycles. The Morgan fingerprint density at radius 3 is 3.04 bits per heavy atom. The number of benzene rings is 1. The third-order valence-corrected chi connectivity index (χ3v) is 5.59. The molecule has 1 amide bonds. The molecule has 6 nitrogen and oxygen atoms in total. The molecule has 4 rings (SSSR count). The normalized spacial score (nSPS) is 16.7. The minimum absolute atomic E-state index is 0.0203. The fraction of sp³-hybridized carbons (Fsp3) is 0.350. The molecule has 1 aliphatic rings. The predicted octanol–water partition coefficient (Wildman–Crippen LogP) is 3.40. The summed E-state index contributed by atoms with van der Waals surface area (Å²) < 4.78 is 6.70. The number of nitrogen functional groups attached to an aromatic ring is 1. The van der Waals surface area contributed by atoms with E-state index in [1.807, 2.05) is 42.2 Å². The average Bonchev–Trinajstić information content (AvgIpc) is 3.30. The Kier molecular flexibility index (Phi) is 5.05. The van der Waals surface area contributed by atoms with Gasteiger partial charge in [0, 0.05) is 24.9 Å². The number of carbonyl (C=O) groups is 1. The second-order valence-electron chi connectivity index (χ2n) is 6.83. The lowest BCUT2D eigenvalue weighted by Crippen LogP contribution is -2.37. The number of hydrogen-bond donors (Lipinski definition) is 1. The zero-order chi connectivity index (χ0) is 18.8. The van der Waals surface area contributed by atoms with Crippen molar-refractivity contribution in [2.75, 3.05) is 18.9 Å². The molecule has 2 N–H and O–H groups in total. The number of nitrogens with zero attached hydrogens (tertiary/aromatic N) is 3. The van der Waals surface area contributed by atoms with Gasteiger partial charge in [0.1, 0.15) is 0 Å². The van der Waals surface area contributed by atoms with E-state index < -0.39 is 0 Å². The first-order valence-electron chi connectivity index (χ1n) is 9.07. The highest BCUT2D eigenvalue weighted by molar-refractivity contribution is 7.22. The van der Waals surface area contributed by atoms with Crippen molar-refractivity contribution in [3.63, 3.8) is 0 Å². The zero-order valence-electron chi connectivity index (χ0n) is 15.2. The molecule has 2 aromatic heterocycles. The lowest BCUT2D eigenvalue weighted by molar-refractivity contribution is 0.0504. The van der Waals surface area contributed by atoms with Crippen molar-refractivity contribution in [3.8, 4) is 0 Å². The summed E-state index contributed by atoms with van der Waals surface area (Å²) >= 11 is 1.41. The molecular formula is C20H22N4O2S. The van der Waals surface area contributed by atoms with Gasteiger partial charge in [0.2, 0.25) is 0 Å². The van der Waals surface area contributed by atoms with Crippen LogP contribution in [0.1, 0.15) is 34.5 Å². The molecule has 1 aromatic carbocycles. The highest BCUT2D eigenvalue weighted by Gasteiger charge is 2.24. The van der Waals surface area contributed by atoms with Crippen molar-refractivity contribution in [2.45, 2.75) is 32.4 Å². The molecule has 1 fully saturated rings. The van der Waals surface area contributed by atoms with Crippen LogP contribution in [0.5, 0.6) is 0 Å². The van der Waals surface area contributed by atoms with Crippen LogP contribution in [0.25, 0.3) is 10.2 Å². The SMILES string of the molecule is Cc1cc(C(=O)N(Cc2ccccn2)CC2CCCO2)cc2sc(N)nc12. The standard InChI is InChI=1S/C20H22N4O2S/c1-13-9-14(10-17-18(13)23-20(21)27-17)19(25)24(12-16-6-4-8-26-16)11-15-5-2-3-7-22-15/h2-3,5,7,9-10,16H,4,6,8,11-12H2,1H3,(H2,21,23). The number of fused-ring (bicyclic) bond motifs is 1. The Bertz CT molecular complexity index is 951. The molecule has 140 valence electrons. The van der Waals surface area contributed by atoms with Crippen LogP contribution in [-0.2, 0) is 11.3 Å². The lowest BCUT2D eigenvalue weighted by atomic mass is 10.1. The monoisotopic (exact) mass is 382 g/mol. The molecule has 7 heteroatoms. The number of thiazole rings is 1. The summed E-state index contributed by atoms with van der Waals surface area (Å²) in [5.41, 5.74) is 9.18. The molecule has 0 bridgehead atoms. The smallest absolute Gasteiger partial charge is 0.254 e. The maximum atomic E-state index is 13.3. The number of amides is 1. The van der Waals surface area contributed by atoms with Crippen LogP contribution in [0, 0.1) is 6.92 Å². The van der Waals surface area contributed by atoms with E-state index in [0.29, 0.717) is 23.8 Å². The molecule has 27 heavy (non-hydrogen) atoms. The van der Waals surface area contributed by atoms with E-state index in [1.54, 1.807) is 6.20 Å². The minimum Gasteiger partial charge on any atom is -0.376 e. The molecule has 1 saturated heterocycles. The highest BCUT2D eigenvalue weighted by Crippen LogP contribution is 2.28. The second-order valence-corrected chi connectivity index (χ2v) is 7.90. The number of rotatable bonds is 5. The number of nitrogens with two attached hydrogens (primary N) is 1. The van der Waals surface area contributed by atoms with Crippen LogP contribution in [0.4, 0.5) is 5.13 Å². The van der Waals surface area contributed by atoms with Gasteiger partial charge in [0.15, 0.2) is 5.13 Å². The zero-order valence-corrected chi connectivity index (χ0v) is 16.0. The first kappa shape index (κ1) is 17.9. The van der Waals surface area contributed by atoms with Gasteiger partial charge in [-0.2, -0.15) is 0 Å². The summed E-state index contributed by atoms with van der Waals surface area (Å²) in [5.74, 6) is -0.0203. The van der Waals surface area contributed by atoms with E-state index in [-0.39, 0.29) is 12.0 Å². The summed E-state index contributed by atoms with van der Waals surface area (Å²) in [6.45, 7) is 3.75. The van der Waals surface area contributed by atoms with E-state index >= 15 is 0 Å². The van der Waals surface area contributed by atoms with Crippen molar-refractivity contribution in [2.24, 2.45) is 0 Å². The van der Waals surface area contributed by atoms with Crippen molar-refractivity contribution >= 4 is 32.6 Å². The van der Waals surface area contributed by atoms with E-state index in [2.05, 4.69) is 9.97 Å². The molecule has 0 spiro atoms. The topological polar surface area (TPSA) is 81.3 Å². The third-order valence-electron chi connectivity index (χ3n) is 4.76. The highest BCUT2D eigenvalue weighted by atomic mass is 32.1. The Hall–Kier alpha value is -2.51. The van der Waals surface area contributed by atoms with Gasteiger partial charge in [-0.15, -0.1) is 0 Å². The van der Waals surface area contributed by atoms with Gasteiger partial charge in [0.25, 0.3) is 5.91 Å². The van der Waals surface area contributed by atoms with Crippen LogP contribution < -0.4 is 5.73 Å². The van der Waals surface area contributed by atoms with Crippen LogP contribution in [0.2, 0.25) is 0 Å². The van der Waals surface area contributed by atoms with Gasteiger partial charge in [-0.3, -0.25) is 9.78 Å². The Morgan fingerprint density at radius 1 is 1.41 bits per heavy atom. The maximum absolute atomic E-state index is 13.3. The van der Waals surface area contributed by atoms with E-state index in [4.69, 9.17) is 10.5 Å². The number of aryl methyl sites for hydroxylation is 1. The van der Waals surface area contributed by atoms with Crippen LogP contribution in [0.15, 0.2) is 36.5 Å². The van der Waals surface area contributed by atoms with Crippen molar-refractivity contribution < 1.29 is 9.53 Å². The summed E-state index contributed by atoms with van der Waals surface area (Å²) in [5, 5.41) is 0.516. The fourth-order valence-electron chi connectivity index (χ4n) is 3.46. The van der Waals surface area contributed by atoms with Crippen molar-refractivity contribution in [1.29, 1.82) is 0 Å². The number of anilines is 1. The number of pyridine rings is 1. The van der Waals surface area contributed by atoms with Crippen LogP contribution in [-0.4, -0.2) is 40.0 Å². The number of ether oxygens (including phenoxy) is 1. The number of hydrogen-bond acceptors (Lipinski definition) is 6. The van der Waals surface area contributed by atoms with Gasteiger partial charge >= 0.3 is 0 Å². The fourth-order valence-corrected chi connectivity index (χ4v) is 4.31. The molecule has 3 aromatic rings. The van der Waals surface area contributed by atoms with Gasteiger partial charge in [-0.1, -0.05) is 17.4 Å². The first-order valence-corrected chi connectivity index (χ1v) is 9.89. The van der Waals surface area contributed by atoms with Gasteiger partial charge in [-0.25, -0.2) is 4.98 Å². The van der Waals surface area contributed by atoms with Crippen LogP contribution in [0.3, 0.4) is 0 Å². The largest absolute Gasteiger partial charge is 0.376 e. The first-order chi connectivity index (χ1) is 13.1. The number of carbonyl (C=O) groups excluding carboxylic acids is 1. The van der Waals surface area contributed by atoms with E-state index in [0.717, 1.165) is 40.9 Å².